The van der Waals surface area contributed by atoms with Crippen LogP contribution in [0.15, 0.2) is 29.6 Å². The van der Waals surface area contributed by atoms with E-state index in [4.69, 9.17) is 9.84 Å². The zero-order valence-electron chi connectivity index (χ0n) is 9.91. The molecule has 6 heteroatoms. The Labute approximate surface area is 116 Å². The Morgan fingerprint density at radius 3 is 2.89 bits per heavy atom. The van der Waals surface area contributed by atoms with E-state index in [2.05, 4.69) is 4.98 Å². The number of thiophene rings is 1. The van der Waals surface area contributed by atoms with E-state index in [-0.39, 0.29) is 5.56 Å². The van der Waals surface area contributed by atoms with Gasteiger partial charge in [-0.3, -0.25) is 0 Å². The summed E-state index contributed by atoms with van der Waals surface area (Å²) in [5, 5.41) is 11.8. The maximum atomic E-state index is 10.9. The lowest BCUT2D eigenvalue weighted by Crippen LogP contribution is -1.94. The van der Waals surface area contributed by atoms with E-state index in [0.717, 1.165) is 25.9 Å². The van der Waals surface area contributed by atoms with Crippen LogP contribution in [-0.2, 0) is 0 Å². The molecule has 0 spiro atoms. The highest BCUT2D eigenvalue weighted by molar-refractivity contribution is 7.25. The molecule has 1 aromatic carbocycles. The van der Waals surface area contributed by atoms with Gasteiger partial charge in [0.2, 0.25) is 0 Å². The first-order valence-electron chi connectivity index (χ1n) is 5.44. The van der Waals surface area contributed by atoms with Crippen LogP contribution in [0.2, 0.25) is 0 Å². The van der Waals surface area contributed by atoms with Gasteiger partial charge in [0.1, 0.15) is 10.8 Å². The van der Waals surface area contributed by atoms with Gasteiger partial charge >= 0.3 is 5.97 Å². The fourth-order valence-electron chi connectivity index (χ4n) is 1.70. The number of carboxylic acids is 1. The van der Waals surface area contributed by atoms with Crippen molar-refractivity contribution >= 4 is 38.9 Å². The number of thiazole rings is 1. The van der Waals surface area contributed by atoms with E-state index in [1.54, 1.807) is 36.6 Å². The normalized spacial score (nSPS) is 10.8. The van der Waals surface area contributed by atoms with Crippen LogP contribution in [0, 0.1) is 0 Å². The number of nitrogens with zero attached hydrogens (tertiary/aromatic N) is 1. The Hall–Kier alpha value is -1.92. The number of aromatic nitrogens is 1. The Balaban J connectivity index is 2.08. The summed E-state index contributed by atoms with van der Waals surface area (Å²) in [6.45, 7) is 0. The first kappa shape index (κ1) is 12.1. The number of carbonyl (C=O) groups is 1. The minimum Gasteiger partial charge on any atom is -0.496 e. The molecule has 0 aliphatic rings. The van der Waals surface area contributed by atoms with Crippen molar-refractivity contribution in [1.82, 2.24) is 4.98 Å². The van der Waals surface area contributed by atoms with Crippen LogP contribution in [0.5, 0.6) is 5.75 Å². The maximum Gasteiger partial charge on any atom is 0.335 e. The van der Waals surface area contributed by atoms with Crippen molar-refractivity contribution < 1.29 is 14.6 Å². The van der Waals surface area contributed by atoms with Crippen LogP contribution in [0.25, 0.3) is 20.1 Å². The van der Waals surface area contributed by atoms with E-state index in [0.29, 0.717) is 0 Å². The molecule has 0 aliphatic carbocycles. The average Bonchev–Trinajstić information content (AvgIpc) is 3.03. The molecule has 0 unspecified atom stereocenters. The van der Waals surface area contributed by atoms with E-state index < -0.39 is 5.97 Å². The molecular weight excluding hydrogens is 282 g/mol. The van der Waals surface area contributed by atoms with Crippen LogP contribution in [0.4, 0.5) is 0 Å². The van der Waals surface area contributed by atoms with Crippen molar-refractivity contribution in [3.8, 4) is 15.6 Å². The van der Waals surface area contributed by atoms with E-state index in [1.807, 2.05) is 11.4 Å². The highest BCUT2D eigenvalue weighted by Crippen LogP contribution is 2.36. The van der Waals surface area contributed by atoms with Crippen molar-refractivity contribution in [3.05, 3.63) is 35.2 Å². The molecule has 19 heavy (non-hydrogen) atoms. The standard InChI is InChI=1S/C13H9NO3S2/c1-17-8-5-11(18-6-8)12-14-9-3-2-7(13(15)16)4-10(9)19-12/h2-6H,1H3,(H,15,16). The second-order valence-corrected chi connectivity index (χ2v) is 5.80. The zero-order valence-corrected chi connectivity index (χ0v) is 11.5. The van der Waals surface area contributed by atoms with Crippen molar-refractivity contribution in [1.29, 1.82) is 0 Å². The number of hydrogen-bond donors (Lipinski definition) is 1. The zero-order chi connectivity index (χ0) is 13.4. The molecule has 0 fully saturated rings. The number of benzene rings is 1. The van der Waals surface area contributed by atoms with Gasteiger partial charge in [-0.05, 0) is 18.2 Å². The monoisotopic (exact) mass is 291 g/mol. The van der Waals surface area contributed by atoms with Crippen molar-refractivity contribution in [2.24, 2.45) is 0 Å². The quantitative estimate of drug-likeness (QED) is 0.798. The van der Waals surface area contributed by atoms with Crippen LogP contribution < -0.4 is 4.74 Å². The Morgan fingerprint density at radius 1 is 1.37 bits per heavy atom. The molecule has 4 nitrogen and oxygen atoms in total. The summed E-state index contributed by atoms with van der Waals surface area (Å²) in [6, 6.07) is 6.90. The van der Waals surface area contributed by atoms with Gasteiger partial charge in [0, 0.05) is 11.4 Å². The molecule has 0 saturated heterocycles. The molecule has 0 aliphatic heterocycles. The van der Waals surface area contributed by atoms with Gasteiger partial charge in [0.05, 0.1) is 27.8 Å². The smallest absolute Gasteiger partial charge is 0.335 e. The Morgan fingerprint density at radius 2 is 2.21 bits per heavy atom. The number of methoxy groups -OCH3 is 1. The molecule has 3 rings (SSSR count). The largest absolute Gasteiger partial charge is 0.496 e. The van der Waals surface area contributed by atoms with Gasteiger partial charge < -0.3 is 9.84 Å². The maximum absolute atomic E-state index is 10.9. The summed E-state index contributed by atoms with van der Waals surface area (Å²) < 4.78 is 6.03. The molecule has 2 heterocycles. The lowest BCUT2D eigenvalue weighted by atomic mass is 10.2. The minimum atomic E-state index is -0.922. The third-order valence-corrected chi connectivity index (χ3v) is 4.75. The number of fused-ring (bicyclic) bond motifs is 1. The number of hydrogen-bond acceptors (Lipinski definition) is 5. The van der Waals surface area contributed by atoms with Crippen molar-refractivity contribution in [3.63, 3.8) is 0 Å². The molecular formula is C13H9NO3S2. The average molecular weight is 291 g/mol. The van der Waals surface area contributed by atoms with Gasteiger partial charge in [-0.25, -0.2) is 9.78 Å². The highest BCUT2D eigenvalue weighted by atomic mass is 32.1. The number of carboxylic acid groups (broad SMARTS) is 1. The van der Waals surface area contributed by atoms with Crippen LogP contribution in [0.3, 0.4) is 0 Å². The van der Waals surface area contributed by atoms with Crippen LogP contribution in [-0.4, -0.2) is 23.2 Å². The lowest BCUT2D eigenvalue weighted by molar-refractivity contribution is 0.0697. The molecule has 0 atom stereocenters. The summed E-state index contributed by atoms with van der Waals surface area (Å²) in [5.74, 6) is -0.111. The molecule has 0 bridgehead atoms. The highest BCUT2D eigenvalue weighted by Gasteiger charge is 2.11. The van der Waals surface area contributed by atoms with Gasteiger partial charge in [-0.15, -0.1) is 22.7 Å². The molecule has 3 aromatic rings. The molecule has 0 saturated carbocycles. The number of ether oxygens (including phenoxy) is 1. The summed E-state index contributed by atoms with van der Waals surface area (Å²) in [7, 11) is 1.63. The van der Waals surface area contributed by atoms with Gasteiger partial charge in [0.15, 0.2) is 0 Å². The van der Waals surface area contributed by atoms with Crippen LogP contribution in [0.1, 0.15) is 10.4 Å². The molecule has 1 N–H and O–H groups in total. The molecule has 0 amide bonds. The predicted molar refractivity (Wildman–Crippen MR) is 76.4 cm³/mol. The lowest BCUT2D eigenvalue weighted by Gasteiger charge is -1.91. The van der Waals surface area contributed by atoms with E-state index in [9.17, 15) is 4.79 Å². The number of aromatic carboxylic acids is 1. The Kier molecular flexibility index (Phi) is 2.96. The van der Waals surface area contributed by atoms with Gasteiger partial charge in [-0.2, -0.15) is 0 Å². The summed E-state index contributed by atoms with van der Waals surface area (Å²) in [6.07, 6.45) is 0. The summed E-state index contributed by atoms with van der Waals surface area (Å²) in [5.41, 5.74) is 1.10. The number of rotatable bonds is 3. The third kappa shape index (κ3) is 2.20. The second kappa shape index (κ2) is 4.64. The van der Waals surface area contributed by atoms with E-state index in [1.165, 1.54) is 11.3 Å². The summed E-state index contributed by atoms with van der Waals surface area (Å²) in [4.78, 5) is 16.5. The first-order chi connectivity index (χ1) is 9.17. The third-order valence-electron chi connectivity index (χ3n) is 2.66. The molecule has 0 radical (unpaired) electrons. The predicted octanol–water partition coefficient (Wildman–Crippen LogP) is 3.73. The van der Waals surface area contributed by atoms with Crippen LogP contribution >= 0.6 is 22.7 Å². The fraction of sp³-hybridized carbons (Fsp3) is 0.0769. The van der Waals surface area contributed by atoms with Gasteiger partial charge in [0.25, 0.3) is 0 Å². The summed E-state index contributed by atoms with van der Waals surface area (Å²) >= 11 is 3.05. The Bertz CT molecular complexity index is 760. The minimum absolute atomic E-state index is 0.284. The molecule has 96 valence electrons. The fourth-order valence-corrected chi connectivity index (χ4v) is 3.62. The molecule has 2 aromatic heterocycles. The van der Waals surface area contributed by atoms with Crippen molar-refractivity contribution in [2.45, 2.75) is 0 Å². The van der Waals surface area contributed by atoms with Gasteiger partial charge in [-0.1, -0.05) is 0 Å². The topological polar surface area (TPSA) is 59.4 Å². The second-order valence-electron chi connectivity index (χ2n) is 3.86. The SMILES string of the molecule is COc1csc(-c2nc3ccc(C(=O)O)cc3s2)c1. The van der Waals surface area contributed by atoms with E-state index >= 15 is 0 Å². The first-order valence-corrected chi connectivity index (χ1v) is 7.14. The van der Waals surface area contributed by atoms with Crippen molar-refractivity contribution in [2.75, 3.05) is 7.11 Å².